The number of ether oxygens (including phenoxy) is 2. The van der Waals surface area contributed by atoms with Crippen molar-refractivity contribution in [3.8, 4) is 11.5 Å². The van der Waals surface area contributed by atoms with Gasteiger partial charge in [0.2, 0.25) is 5.91 Å². The van der Waals surface area contributed by atoms with Gasteiger partial charge in [0.1, 0.15) is 24.7 Å². The fourth-order valence-corrected chi connectivity index (χ4v) is 4.85. The van der Waals surface area contributed by atoms with Gasteiger partial charge in [0.15, 0.2) is 11.5 Å². The average Bonchev–Trinajstić information content (AvgIpc) is 3.50. The zero-order valence-corrected chi connectivity index (χ0v) is 22.9. The third kappa shape index (κ3) is 7.37. The molecule has 0 bridgehead atoms. The van der Waals surface area contributed by atoms with Crippen LogP contribution in [0, 0.1) is 0 Å². The Balaban J connectivity index is 1.24. The van der Waals surface area contributed by atoms with E-state index in [9.17, 15) is 14.4 Å². The van der Waals surface area contributed by atoms with Crippen LogP contribution < -0.4 is 25.4 Å². The Labute approximate surface area is 240 Å². The Hall–Kier alpha value is -4.96. The number of fused-ring (bicyclic) bond motifs is 1. The molecule has 0 spiro atoms. The van der Waals surface area contributed by atoms with Crippen molar-refractivity contribution in [1.82, 2.24) is 5.32 Å². The summed E-state index contributed by atoms with van der Waals surface area (Å²) in [6.07, 6.45) is 2.94. The van der Waals surface area contributed by atoms with E-state index in [0.29, 0.717) is 47.4 Å². The quantitative estimate of drug-likeness (QED) is 0.178. The molecule has 5 rings (SSSR count). The molecule has 41 heavy (non-hydrogen) atoms. The summed E-state index contributed by atoms with van der Waals surface area (Å²) in [5.41, 5.74) is 1.53. The number of rotatable bonds is 9. The lowest BCUT2D eigenvalue weighted by Crippen LogP contribution is -2.30. The molecule has 0 fully saturated rings. The number of furan rings is 1. The first-order valence-electron chi connectivity index (χ1n) is 12.8. The lowest BCUT2D eigenvalue weighted by Gasteiger charge is -2.19. The molecule has 1 atom stereocenters. The van der Waals surface area contributed by atoms with Gasteiger partial charge in [-0.05, 0) is 61.5 Å². The molecule has 208 valence electrons. The number of hydrogen-bond acceptors (Lipinski definition) is 7. The van der Waals surface area contributed by atoms with Crippen LogP contribution in [0.5, 0.6) is 11.5 Å². The van der Waals surface area contributed by atoms with E-state index >= 15 is 0 Å². The molecule has 1 aliphatic heterocycles. The summed E-state index contributed by atoms with van der Waals surface area (Å²) in [6.45, 7) is 2.76. The number of benzene rings is 3. The predicted octanol–water partition coefficient (Wildman–Crippen LogP) is 5.58. The summed E-state index contributed by atoms with van der Waals surface area (Å²) in [6, 6.07) is 24.4. The molecule has 0 radical (unpaired) electrons. The summed E-state index contributed by atoms with van der Waals surface area (Å²) in [5, 5.41) is 7.96. The Morgan fingerprint density at radius 1 is 0.829 bits per heavy atom. The van der Waals surface area contributed by atoms with Gasteiger partial charge in [0.05, 0.1) is 11.5 Å². The van der Waals surface area contributed by atoms with Gasteiger partial charge in [-0.15, -0.1) is 11.8 Å². The molecule has 0 aliphatic carbocycles. The second-order valence-corrected chi connectivity index (χ2v) is 10.4. The maximum atomic E-state index is 13.2. The SMILES string of the molecule is CC(Sc1cccc(NC(=O)/C(=C/c2ccco2)NC(=O)c2ccccc2)c1)C(=O)Nc1ccc2c(c1)OCCO2. The number of anilines is 2. The maximum Gasteiger partial charge on any atom is 0.272 e. The fraction of sp³-hybridized carbons (Fsp3) is 0.129. The van der Waals surface area contributed by atoms with Crippen molar-refractivity contribution < 1.29 is 28.3 Å². The Bertz CT molecular complexity index is 1570. The van der Waals surface area contributed by atoms with Crippen molar-refractivity contribution in [2.24, 2.45) is 0 Å². The number of nitrogens with one attached hydrogen (secondary N) is 3. The van der Waals surface area contributed by atoms with E-state index in [2.05, 4.69) is 16.0 Å². The minimum absolute atomic E-state index is 0.0130. The van der Waals surface area contributed by atoms with E-state index < -0.39 is 17.1 Å². The monoisotopic (exact) mass is 569 g/mol. The highest BCUT2D eigenvalue weighted by molar-refractivity contribution is 8.00. The Morgan fingerprint density at radius 2 is 1.61 bits per heavy atom. The molecule has 4 aromatic rings. The zero-order chi connectivity index (χ0) is 28.6. The number of amides is 3. The molecule has 9 nitrogen and oxygen atoms in total. The number of hydrogen-bond donors (Lipinski definition) is 3. The summed E-state index contributed by atoms with van der Waals surface area (Å²) in [7, 11) is 0. The van der Waals surface area contributed by atoms with Crippen molar-refractivity contribution in [1.29, 1.82) is 0 Å². The van der Waals surface area contributed by atoms with E-state index in [1.165, 1.54) is 24.1 Å². The normalized spacial score (nSPS) is 13.1. The molecule has 0 saturated heterocycles. The maximum absolute atomic E-state index is 13.2. The van der Waals surface area contributed by atoms with E-state index in [1.807, 2.05) is 6.07 Å². The van der Waals surface area contributed by atoms with Crippen LogP contribution >= 0.6 is 11.8 Å². The molecule has 1 aromatic heterocycles. The highest BCUT2D eigenvalue weighted by Crippen LogP contribution is 2.33. The molecular formula is C31H27N3O6S. The van der Waals surface area contributed by atoms with Crippen molar-refractivity contribution in [2.45, 2.75) is 17.1 Å². The van der Waals surface area contributed by atoms with Crippen LogP contribution in [-0.2, 0) is 9.59 Å². The second-order valence-electron chi connectivity index (χ2n) is 8.98. The van der Waals surface area contributed by atoms with Gasteiger partial charge in [-0.2, -0.15) is 0 Å². The van der Waals surface area contributed by atoms with Gasteiger partial charge in [0, 0.05) is 34.0 Å². The molecule has 10 heteroatoms. The first-order valence-corrected chi connectivity index (χ1v) is 13.7. The number of carbonyl (C=O) groups excluding carboxylic acids is 3. The van der Waals surface area contributed by atoms with Crippen LogP contribution in [0.25, 0.3) is 6.08 Å². The topological polar surface area (TPSA) is 119 Å². The van der Waals surface area contributed by atoms with Crippen molar-refractivity contribution in [3.63, 3.8) is 0 Å². The van der Waals surface area contributed by atoms with E-state index in [4.69, 9.17) is 13.9 Å². The smallest absolute Gasteiger partial charge is 0.272 e. The molecule has 3 aromatic carbocycles. The molecule has 2 heterocycles. The van der Waals surface area contributed by atoms with Crippen LogP contribution in [-0.4, -0.2) is 36.2 Å². The highest BCUT2D eigenvalue weighted by Gasteiger charge is 2.19. The lowest BCUT2D eigenvalue weighted by molar-refractivity contribution is -0.115. The molecule has 3 N–H and O–H groups in total. The van der Waals surface area contributed by atoms with Crippen molar-refractivity contribution >= 4 is 46.9 Å². The Morgan fingerprint density at radius 3 is 2.39 bits per heavy atom. The fourth-order valence-electron chi connectivity index (χ4n) is 3.93. The third-order valence-corrected chi connectivity index (χ3v) is 7.04. The van der Waals surface area contributed by atoms with E-state index in [1.54, 1.807) is 85.8 Å². The first-order chi connectivity index (χ1) is 19.9. The van der Waals surface area contributed by atoms with E-state index in [-0.39, 0.29) is 11.6 Å². The zero-order valence-electron chi connectivity index (χ0n) is 22.1. The van der Waals surface area contributed by atoms with E-state index in [0.717, 1.165) is 4.90 Å². The summed E-state index contributed by atoms with van der Waals surface area (Å²) < 4.78 is 16.5. The average molecular weight is 570 g/mol. The number of thioether (sulfide) groups is 1. The van der Waals surface area contributed by atoms with Gasteiger partial charge in [0.25, 0.3) is 11.8 Å². The van der Waals surface area contributed by atoms with Gasteiger partial charge in [-0.25, -0.2) is 0 Å². The van der Waals surface area contributed by atoms with Crippen molar-refractivity contribution in [3.05, 3.63) is 108 Å². The van der Waals surface area contributed by atoms with Crippen LogP contribution in [0.3, 0.4) is 0 Å². The molecule has 3 amide bonds. The van der Waals surface area contributed by atoms with Crippen LogP contribution in [0.15, 0.2) is 106 Å². The summed E-state index contributed by atoms with van der Waals surface area (Å²) >= 11 is 1.34. The minimum atomic E-state index is -0.530. The number of carbonyl (C=O) groups is 3. The minimum Gasteiger partial charge on any atom is -0.486 e. The largest absolute Gasteiger partial charge is 0.486 e. The molecule has 1 unspecified atom stereocenters. The summed E-state index contributed by atoms with van der Waals surface area (Å²) in [5.74, 6) is 0.507. The van der Waals surface area contributed by atoms with Crippen LogP contribution in [0.1, 0.15) is 23.0 Å². The van der Waals surface area contributed by atoms with Crippen LogP contribution in [0.4, 0.5) is 11.4 Å². The molecular weight excluding hydrogens is 542 g/mol. The van der Waals surface area contributed by atoms with Crippen LogP contribution in [0.2, 0.25) is 0 Å². The first kappa shape index (κ1) is 27.6. The third-order valence-electron chi connectivity index (χ3n) is 5.94. The molecule has 1 aliphatic rings. The lowest BCUT2D eigenvalue weighted by atomic mass is 10.2. The predicted molar refractivity (Wildman–Crippen MR) is 157 cm³/mol. The Kier molecular flexibility index (Phi) is 8.70. The van der Waals surface area contributed by atoms with Gasteiger partial charge < -0.3 is 29.8 Å². The highest BCUT2D eigenvalue weighted by atomic mass is 32.2. The summed E-state index contributed by atoms with van der Waals surface area (Å²) in [4.78, 5) is 39.6. The standard InChI is InChI=1S/C31H27N3O6S/c1-20(29(35)32-23-12-13-27-28(18-23)40-16-15-39-27)41-25-11-5-9-22(17-25)33-31(37)26(19-24-10-6-14-38-24)34-30(36)21-7-3-2-4-8-21/h2-14,17-20H,15-16H2,1H3,(H,32,35)(H,33,37)(H,34,36)/b26-19-. The van der Waals surface area contributed by atoms with Gasteiger partial charge in [-0.3, -0.25) is 14.4 Å². The van der Waals surface area contributed by atoms with Gasteiger partial charge in [-0.1, -0.05) is 24.3 Å². The van der Waals surface area contributed by atoms with Crippen molar-refractivity contribution in [2.75, 3.05) is 23.8 Å². The second kappa shape index (κ2) is 12.9. The van der Waals surface area contributed by atoms with Gasteiger partial charge >= 0.3 is 0 Å². The molecule has 0 saturated carbocycles.